The minimum Gasteiger partial charge on any atom is -0.496 e. The number of nitrogens with one attached hydrogen (secondary N) is 2. The zero-order chi connectivity index (χ0) is 16.5. The maximum Gasteiger partial charge on any atom is 0.191 e. The first-order valence-corrected chi connectivity index (χ1v) is 8.47. The largest absolute Gasteiger partial charge is 0.496 e. The molecule has 0 amide bonds. The molecular formula is C17H23BrN4O. The van der Waals surface area contributed by atoms with Gasteiger partial charge in [0.15, 0.2) is 5.96 Å². The number of guanidine groups is 1. The molecule has 0 saturated heterocycles. The van der Waals surface area contributed by atoms with Gasteiger partial charge in [-0.15, -0.1) is 0 Å². The Hall–Kier alpha value is -1.95. The Labute approximate surface area is 145 Å². The van der Waals surface area contributed by atoms with Gasteiger partial charge in [-0.25, -0.2) is 4.99 Å². The van der Waals surface area contributed by atoms with Crippen molar-refractivity contribution in [2.24, 2.45) is 4.99 Å². The van der Waals surface area contributed by atoms with Crippen LogP contribution in [0, 0.1) is 0 Å². The van der Waals surface area contributed by atoms with E-state index in [1.54, 1.807) is 7.11 Å². The van der Waals surface area contributed by atoms with E-state index in [-0.39, 0.29) is 0 Å². The third-order valence-electron chi connectivity index (χ3n) is 3.32. The summed E-state index contributed by atoms with van der Waals surface area (Å²) in [7, 11) is 1.68. The lowest BCUT2D eigenvalue weighted by Gasteiger charge is -2.12. The van der Waals surface area contributed by atoms with E-state index in [4.69, 9.17) is 4.74 Å². The monoisotopic (exact) mass is 378 g/mol. The lowest BCUT2D eigenvalue weighted by molar-refractivity contribution is 0.409. The van der Waals surface area contributed by atoms with E-state index in [0.29, 0.717) is 6.54 Å². The molecule has 6 heteroatoms. The number of nitrogens with zero attached hydrogens (tertiary/aromatic N) is 2. The second-order valence-electron chi connectivity index (χ2n) is 5.00. The number of hydrogen-bond acceptors (Lipinski definition) is 2. The number of aliphatic imine (C=N–C) groups is 1. The van der Waals surface area contributed by atoms with Gasteiger partial charge in [-0.05, 0) is 37.3 Å². The fraction of sp³-hybridized carbons (Fsp3) is 0.353. The quantitative estimate of drug-likeness (QED) is 0.575. The van der Waals surface area contributed by atoms with Crippen LogP contribution in [0.5, 0.6) is 5.75 Å². The molecule has 5 nitrogen and oxygen atoms in total. The Bertz CT molecular complexity index is 626. The SMILES string of the molecule is CCNC(=NCc1cc(Br)ccc1OC)NCCn1cccc1. The second-order valence-corrected chi connectivity index (χ2v) is 5.91. The molecule has 0 radical (unpaired) electrons. The van der Waals surface area contributed by atoms with Crippen LogP contribution in [-0.2, 0) is 13.1 Å². The Morgan fingerprint density at radius 1 is 1.26 bits per heavy atom. The minimum absolute atomic E-state index is 0.557. The summed E-state index contributed by atoms with van der Waals surface area (Å²) in [6.45, 7) is 5.16. The highest BCUT2D eigenvalue weighted by Gasteiger charge is 2.04. The van der Waals surface area contributed by atoms with Gasteiger partial charge >= 0.3 is 0 Å². The van der Waals surface area contributed by atoms with Crippen LogP contribution in [-0.4, -0.2) is 30.7 Å². The third-order valence-corrected chi connectivity index (χ3v) is 3.82. The Kier molecular flexibility index (Phi) is 7.00. The van der Waals surface area contributed by atoms with Gasteiger partial charge in [0.05, 0.1) is 13.7 Å². The zero-order valence-electron chi connectivity index (χ0n) is 13.6. The first kappa shape index (κ1) is 17.4. The average molecular weight is 379 g/mol. The fourth-order valence-corrected chi connectivity index (χ4v) is 2.61. The summed E-state index contributed by atoms with van der Waals surface area (Å²) < 4.78 is 8.54. The van der Waals surface area contributed by atoms with Crippen molar-refractivity contribution in [2.45, 2.75) is 20.0 Å². The summed E-state index contributed by atoms with van der Waals surface area (Å²) in [5.41, 5.74) is 1.05. The molecule has 23 heavy (non-hydrogen) atoms. The number of halogens is 1. The number of aromatic nitrogens is 1. The topological polar surface area (TPSA) is 50.6 Å². The van der Waals surface area contributed by atoms with E-state index >= 15 is 0 Å². The van der Waals surface area contributed by atoms with Crippen LogP contribution < -0.4 is 15.4 Å². The Balaban J connectivity index is 1.96. The van der Waals surface area contributed by atoms with Crippen molar-refractivity contribution >= 4 is 21.9 Å². The van der Waals surface area contributed by atoms with E-state index in [1.807, 2.05) is 30.3 Å². The van der Waals surface area contributed by atoms with Gasteiger partial charge in [-0.2, -0.15) is 0 Å². The number of methoxy groups -OCH3 is 1. The van der Waals surface area contributed by atoms with E-state index < -0.39 is 0 Å². The maximum atomic E-state index is 5.39. The van der Waals surface area contributed by atoms with Gasteiger partial charge < -0.3 is 19.9 Å². The highest BCUT2D eigenvalue weighted by Crippen LogP contribution is 2.23. The molecule has 1 aromatic carbocycles. The fourth-order valence-electron chi connectivity index (χ4n) is 2.20. The van der Waals surface area contributed by atoms with Crippen LogP contribution in [0.25, 0.3) is 0 Å². The third kappa shape index (κ3) is 5.63. The lowest BCUT2D eigenvalue weighted by Crippen LogP contribution is -2.38. The van der Waals surface area contributed by atoms with Crippen molar-refractivity contribution in [3.05, 3.63) is 52.8 Å². The molecule has 0 saturated carbocycles. The summed E-state index contributed by atoms with van der Waals surface area (Å²) in [4.78, 5) is 4.64. The van der Waals surface area contributed by atoms with Gasteiger partial charge in [-0.1, -0.05) is 15.9 Å². The van der Waals surface area contributed by atoms with Gasteiger partial charge in [0.25, 0.3) is 0 Å². The molecule has 0 aliphatic carbocycles. The molecule has 124 valence electrons. The smallest absolute Gasteiger partial charge is 0.191 e. The molecular weight excluding hydrogens is 356 g/mol. The van der Waals surface area contributed by atoms with Crippen molar-refractivity contribution in [1.29, 1.82) is 0 Å². The standard InChI is InChI=1S/C17H23BrN4O/c1-3-19-17(20-8-11-22-9-4-5-10-22)21-13-14-12-15(18)6-7-16(14)23-2/h4-7,9-10,12H,3,8,11,13H2,1-2H3,(H2,19,20,21). The normalized spacial score (nSPS) is 11.3. The summed E-state index contributed by atoms with van der Waals surface area (Å²) in [5, 5.41) is 6.61. The molecule has 2 N–H and O–H groups in total. The summed E-state index contributed by atoms with van der Waals surface area (Å²) >= 11 is 3.49. The van der Waals surface area contributed by atoms with Crippen LogP contribution in [0.3, 0.4) is 0 Å². The van der Waals surface area contributed by atoms with Gasteiger partial charge in [-0.3, -0.25) is 0 Å². The highest BCUT2D eigenvalue weighted by molar-refractivity contribution is 9.10. The molecule has 0 fully saturated rings. The van der Waals surface area contributed by atoms with Crippen molar-refractivity contribution < 1.29 is 4.74 Å². The Morgan fingerprint density at radius 2 is 2.04 bits per heavy atom. The van der Waals surface area contributed by atoms with Crippen LogP contribution in [0.2, 0.25) is 0 Å². The van der Waals surface area contributed by atoms with Crippen molar-refractivity contribution in [2.75, 3.05) is 20.2 Å². The van der Waals surface area contributed by atoms with Crippen LogP contribution in [0.1, 0.15) is 12.5 Å². The molecule has 1 heterocycles. The van der Waals surface area contributed by atoms with Gasteiger partial charge in [0.1, 0.15) is 5.75 Å². The minimum atomic E-state index is 0.557. The molecule has 0 aliphatic heterocycles. The number of benzene rings is 1. The van der Waals surface area contributed by atoms with Crippen LogP contribution >= 0.6 is 15.9 Å². The zero-order valence-corrected chi connectivity index (χ0v) is 15.1. The second kappa shape index (κ2) is 9.25. The van der Waals surface area contributed by atoms with E-state index in [0.717, 1.165) is 41.4 Å². The summed E-state index contributed by atoms with van der Waals surface area (Å²) in [5.74, 6) is 1.65. The molecule has 0 bridgehead atoms. The average Bonchev–Trinajstić information content (AvgIpc) is 3.06. The van der Waals surface area contributed by atoms with E-state index in [2.05, 4.69) is 55.4 Å². The molecule has 0 spiro atoms. The number of rotatable bonds is 7. The predicted molar refractivity (Wildman–Crippen MR) is 97.9 cm³/mol. The van der Waals surface area contributed by atoms with Crippen LogP contribution in [0.4, 0.5) is 0 Å². The maximum absolute atomic E-state index is 5.39. The highest BCUT2D eigenvalue weighted by atomic mass is 79.9. The van der Waals surface area contributed by atoms with Crippen molar-refractivity contribution in [3.8, 4) is 5.75 Å². The van der Waals surface area contributed by atoms with Gasteiger partial charge in [0.2, 0.25) is 0 Å². The molecule has 0 atom stereocenters. The molecule has 0 unspecified atom stereocenters. The van der Waals surface area contributed by atoms with Gasteiger partial charge in [0, 0.05) is 42.1 Å². The lowest BCUT2D eigenvalue weighted by atomic mass is 10.2. The first-order chi connectivity index (χ1) is 11.2. The van der Waals surface area contributed by atoms with E-state index in [9.17, 15) is 0 Å². The van der Waals surface area contributed by atoms with Crippen molar-refractivity contribution in [1.82, 2.24) is 15.2 Å². The van der Waals surface area contributed by atoms with Crippen LogP contribution in [0.15, 0.2) is 52.2 Å². The van der Waals surface area contributed by atoms with Crippen molar-refractivity contribution in [3.63, 3.8) is 0 Å². The summed E-state index contributed by atoms with van der Waals surface area (Å²) in [6.07, 6.45) is 4.11. The molecule has 0 aliphatic rings. The summed E-state index contributed by atoms with van der Waals surface area (Å²) in [6, 6.07) is 10.00. The molecule has 2 rings (SSSR count). The predicted octanol–water partition coefficient (Wildman–Crippen LogP) is 3.01. The van der Waals surface area contributed by atoms with E-state index in [1.165, 1.54) is 0 Å². The number of hydrogen-bond donors (Lipinski definition) is 2. The molecule has 2 aromatic rings. The Morgan fingerprint density at radius 3 is 2.74 bits per heavy atom. The first-order valence-electron chi connectivity index (χ1n) is 7.68. The number of ether oxygens (including phenoxy) is 1. The molecule has 1 aromatic heterocycles.